The minimum absolute atomic E-state index is 0.171. The van der Waals surface area contributed by atoms with Gasteiger partial charge in [0.1, 0.15) is 0 Å². The van der Waals surface area contributed by atoms with E-state index in [1.165, 1.54) is 68.9 Å². The Balaban J connectivity index is 1.66. The number of hydrogen-bond donors (Lipinski definition) is 0. The van der Waals surface area contributed by atoms with E-state index in [1.54, 1.807) is 0 Å². The fourth-order valence-electron chi connectivity index (χ4n) is 4.92. The van der Waals surface area contributed by atoms with Gasteiger partial charge in [-0.05, 0) is 36.8 Å². The molecule has 31 heavy (non-hydrogen) atoms. The molecular formula is C27H38NO2P. The molecule has 2 aromatic carbocycles. The summed E-state index contributed by atoms with van der Waals surface area (Å²) in [4.78, 5) is 0. The molecule has 1 aliphatic carbocycles. The maximum absolute atomic E-state index is 6.58. The van der Waals surface area contributed by atoms with Gasteiger partial charge in [0.25, 0.3) is 8.53 Å². The summed E-state index contributed by atoms with van der Waals surface area (Å²) in [5, 5.41) is 0. The van der Waals surface area contributed by atoms with E-state index in [4.69, 9.17) is 9.05 Å². The number of benzene rings is 2. The third-order valence-electron chi connectivity index (χ3n) is 6.57. The third kappa shape index (κ3) is 6.62. The average Bonchev–Trinajstić information content (AvgIpc) is 3.34. The molecule has 4 heteroatoms. The van der Waals surface area contributed by atoms with E-state index in [9.17, 15) is 0 Å². The van der Waals surface area contributed by atoms with Crippen molar-refractivity contribution in [1.82, 2.24) is 4.67 Å². The smallest absolute Gasteiger partial charge is 0.259 e. The molecule has 0 bridgehead atoms. The molecule has 1 aliphatic heterocycles. The first-order valence-electron chi connectivity index (χ1n) is 12.4. The maximum atomic E-state index is 6.58. The molecule has 0 aromatic heterocycles. The van der Waals surface area contributed by atoms with Crippen LogP contribution in [0.5, 0.6) is 0 Å². The lowest BCUT2D eigenvalue weighted by atomic mass is 9.97. The summed E-state index contributed by atoms with van der Waals surface area (Å²) in [7, 11) is -1.09. The van der Waals surface area contributed by atoms with Crippen LogP contribution < -0.4 is 0 Å². The van der Waals surface area contributed by atoms with Crippen LogP contribution in [-0.2, 0) is 9.05 Å². The Morgan fingerprint density at radius 2 is 1.06 bits per heavy atom. The van der Waals surface area contributed by atoms with Crippen LogP contribution in [0.1, 0.15) is 87.8 Å². The number of rotatable bonds is 5. The van der Waals surface area contributed by atoms with Gasteiger partial charge in [0.05, 0.1) is 19.3 Å². The van der Waals surface area contributed by atoms with E-state index < -0.39 is 8.53 Å². The predicted octanol–water partition coefficient (Wildman–Crippen LogP) is 8.03. The highest BCUT2D eigenvalue weighted by molar-refractivity contribution is 7.44. The van der Waals surface area contributed by atoms with E-state index in [0.29, 0.717) is 6.04 Å². The molecule has 1 saturated carbocycles. The normalized spacial score (nSPS) is 20.6. The second-order valence-corrected chi connectivity index (χ2v) is 10.4. The minimum Gasteiger partial charge on any atom is -0.322 e. The van der Waals surface area contributed by atoms with Crippen LogP contribution in [-0.4, -0.2) is 23.9 Å². The van der Waals surface area contributed by atoms with Crippen molar-refractivity contribution in [2.75, 3.05) is 13.2 Å². The highest BCUT2D eigenvalue weighted by Gasteiger charge is 2.38. The molecule has 0 radical (unpaired) electrons. The standard InChI is InChI=1S/C27H38NO2P/c1-2-4-14-22-29-31(30-23-15-5-3-1)28(26-20-12-13-21-26)27(24-16-8-6-9-17-24)25-18-10-7-11-19-25/h6-11,16-19,26-27H,1-5,12-15,20-23H2. The first kappa shape index (κ1) is 22.9. The van der Waals surface area contributed by atoms with Crippen LogP contribution in [0.3, 0.4) is 0 Å². The Bertz CT molecular complexity index is 684. The van der Waals surface area contributed by atoms with E-state index in [1.807, 2.05) is 0 Å². The summed E-state index contributed by atoms with van der Waals surface area (Å²) in [5.74, 6) is 0. The molecule has 2 aromatic rings. The molecule has 2 aliphatic rings. The lowest BCUT2D eigenvalue weighted by Gasteiger charge is -2.40. The minimum atomic E-state index is -1.09. The Morgan fingerprint density at radius 1 is 0.613 bits per heavy atom. The van der Waals surface area contributed by atoms with Gasteiger partial charge >= 0.3 is 0 Å². The lowest BCUT2D eigenvalue weighted by molar-refractivity contribution is 0.161. The first-order chi connectivity index (χ1) is 15.4. The monoisotopic (exact) mass is 439 g/mol. The molecule has 0 N–H and O–H groups in total. The van der Waals surface area contributed by atoms with Crippen molar-refractivity contribution < 1.29 is 9.05 Å². The zero-order chi connectivity index (χ0) is 21.1. The van der Waals surface area contributed by atoms with Gasteiger partial charge in [-0.1, -0.05) is 106 Å². The van der Waals surface area contributed by atoms with Crippen molar-refractivity contribution in [2.45, 2.75) is 82.7 Å². The zero-order valence-corrected chi connectivity index (χ0v) is 19.7. The van der Waals surface area contributed by atoms with Crippen LogP contribution in [0.4, 0.5) is 0 Å². The first-order valence-corrected chi connectivity index (χ1v) is 13.5. The van der Waals surface area contributed by atoms with Gasteiger partial charge in [-0.2, -0.15) is 0 Å². The molecule has 0 unspecified atom stereocenters. The lowest BCUT2D eigenvalue weighted by Crippen LogP contribution is -2.34. The number of nitrogens with zero attached hydrogens (tertiary/aromatic N) is 1. The SMILES string of the molecule is c1ccc(C(c2ccccc2)N(C2CCCC2)P2OCCCCCCCCCO2)cc1. The summed E-state index contributed by atoms with van der Waals surface area (Å²) in [6.45, 7) is 1.62. The molecule has 0 amide bonds. The molecule has 2 fully saturated rings. The number of hydrogen-bond acceptors (Lipinski definition) is 3. The van der Waals surface area contributed by atoms with Gasteiger partial charge in [0.2, 0.25) is 0 Å². The van der Waals surface area contributed by atoms with Crippen molar-refractivity contribution in [3.8, 4) is 0 Å². The van der Waals surface area contributed by atoms with Crippen LogP contribution in [0.15, 0.2) is 60.7 Å². The van der Waals surface area contributed by atoms with Gasteiger partial charge in [-0.25, -0.2) is 4.67 Å². The second-order valence-electron chi connectivity index (χ2n) is 8.92. The summed E-state index contributed by atoms with van der Waals surface area (Å²) >= 11 is 0. The van der Waals surface area contributed by atoms with Gasteiger partial charge in [0, 0.05) is 6.04 Å². The van der Waals surface area contributed by atoms with Gasteiger partial charge in [0.15, 0.2) is 0 Å². The van der Waals surface area contributed by atoms with Crippen molar-refractivity contribution in [3.63, 3.8) is 0 Å². The molecule has 3 nitrogen and oxygen atoms in total. The predicted molar refractivity (Wildman–Crippen MR) is 130 cm³/mol. The van der Waals surface area contributed by atoms with Crippen molar-refractivity contribution in [3.05, 3.63) is 71.8 Å². The fraction of sp³-hybridized carbons (Fsp3) is 0.556. The molecule has 4 rings (SSSR count). The maximum Gasteiger partial charge on any atom is 0.259 e. The summed E-state index contributed by atoms with van der Waals surface area (Å²) in [6.07, 6.45) is 13.9. The highest BCUT2D eigenvalue weighted by Crippen LogP contribution is 2.54. The molecule has 0 spiro atoms. The largest absolute Gasteiger partial charge is 0.322 e. The van der Waals surface area contributed by atoms with Crippen LogP contribution in [0, 0.1) is 0 Å². The van der Waals surface area contributed by atoms with Gasteiger partial charge in [-0.15, -0.1) is 0 Å². The Labute approximate surface area is 190 Å². The Hall–Kier alpha value is -1.25. The fourth-order valence-corrected chi connectivity index (χ4v) is 6.78. The topological polar surface area (TPSA) is 21.7 Å². The zero-order valence-electron chi connectivity index (χ0n) is 18.8. The van der Waals surface area contributed by atoms with E-state index in [0.717, 1.165) is 26.1 Å². The second kappa shape index (κ2) is 12.7. The molecule has 168 valence electrons. The van der Waals surface area contributed by atoms with Crippen LogP contribution >= 0.6 is 8.53 Å². The Morgan fingerprint density at radius 3 is 1.55 bits per heavy atom. The van der Waals surface area contributed by atoms with Gasteiger partial charge < -0.3 is 9.05 Å². The van der Waals surface area contributed by atoms with Crippen molar-refractivity contribution in [1.29, 1.82) is 0 Å². The summed E-state index contributed by atoms with van der Waals surface area (Å²) in [6, 6.07) is 22.6. The summed E-state index contributed by atoms with van der Waals surface area (Å²) < 4.78 is 15.8. The molecule has 1 saturated heterocycles. The van der Waals surface area contributed by atoms with E-state index >= 15 is 0 Å². The van der Waals surface area contributed by atoms with Crippen molar-refractivity contribution in [2.24, 2.45) is 0 Å². The molecule has 0 atom stereocenters. The van der Waals surface area contributed by atoms with Crippen LogP contribution in [0.25, 0.3) is 0 Å². The van der Waals surface area contributed by atoms with E-state index in [2.05, 4.69) is 65.3 Å². The quantitative estimate of drug-likeness (QED) is 0.440. The molecular weight excluding hydrogens is 401 g/mol. The van der Waals surface area contributed by atoms with E-state index in [-0.39, 0.29) is 6.04 Å². The third-order valence-corrected chi connectivity index (χ3v) is 8.32. The Kier molecular flexibility index (Phi) is 9.39. The highest BCUT2D eigenvalue weighted by atomic mass is 31.2. The van der Waals surface area contributed by atoms with Gasteiger partial charge in [-0.3, -0.25) is 0 Å². The van der Waals surface area contributed by atoms with Crippen LogP contribution in [0.2, 0.25) is 0 Å². The molecule has 1 heterocycles. The summed E-state index contributed by atoms with van der Waals surface area (Å²) in [5.41, 5.74) is 2.67. The van der Waals surface area contributed by atoms with Crippen molar-refractivity contribution >= 4 is 8.53 Å². The average molecular weight is 440 g/mol.